The van der Waals surface area contributed by atoms with Gasteiger partial charge in [0, 0.05) is 52.8 Å². The van der Waals surface area contributed by atoms with Crippen molar-refractivity contribution in [2.24, 2.45) is 4.99 Å². The molecule has 0 aliphatic carbocycles. The highest BCUT2D eigenvalue weighted by Crippen LogP contribution is 2.36. The molecule has 0 spiro atoms. The molecular weight excluding hydrogens is 687 g/mol. The predicted octanol–water partition coefficient (Wildman–Crippen LogP) is 10.9. The fourth-order valence-corrected chi connectivity index (χ4v) is 7.63. The quantitative estimate of drug-likeness (QED) is 0.132. The van der Waals surface area contributed by atoms with Crippen LogP contribution in [0.25, 0.3) is 77.9 Å². The van der Waals surface area contributed by atoms with E-state index in [0.29, 0.717) is 11.4 Å². The van der Waals surface area contributed by atoms with Crippen molar-refractivity contribution in [1.29, 1.82) is 5.41 Å². The number of amidine groups is 2. The summed E-state index contributed by atoms with van der Waals surface area (Å²) in [7, 11) is 1.83. The Morgan fingerprint density at radius 2 is 0.911 bits per heavy atom. The maximum Gasteiger partial charge on any atom is 0.154 e. The zero-order chi connectivity index (χ0) is 37.6. The van der Waals surface area contributed by atoms with Crippen LogP contribution in [0.3, 0.4) is 0 Å². The zero-order valence-electron chi connectivity index (χ0n) is 30.6. The molecule has 0 bridgehead atoms. The minimum Gasteiger partial charge on any atom is -0.373 e. The van der Waals surface area contributed by atoms with E-state index in [1.807, 2.05) is 79.8 Å². The van der Waals surface area contributed by atoms with Crippen molar-refractivity contribution in [2.75, 3.05) is 7.05 Å². The lowest BCUT2D eigenvalue weighted by molar-refractivity contribution is 1.16. The first-order valence-electron chi connectivity index (χ1n) is 18.6. The fourth-order valence-electron chi connectivity index (χ4n) is 7.63. The van der Waals surface area contributed by atoms with Crippen LogP contribution in [0, 0.1) is 5.41 Å². The summed E-state index contributed by atoms with van der Waals surface area (Å²) in [6.07, 6.45) is 4.12. The Balaban J connectivity index is 0.951. The average Bonchev–Trinajstić information content (AvgIpc) is 3.85. The molecule has 0 saturated heterocycles. The van der Waals surface area contributed by atoms with Crippen molar-refractivity contribution in [1.82, 2.24) is 24.1 Å². The maximum atomic E-state index is 8.99. The van der Waals surface area contributed by atoms with Crippen LogP contribution in [0.4, 0.5) is 0 Å². The number of aliphatic imine (C=N–C) groups is 1. The Morgan fingerprint density at radius 3 is 1.39 bits per heavy atom. The molecule has 0 saturated carbocycles. The van der Waals surface area contributed by atoms with Gasteiger partial charge in [0.1, 0.15) is 17.1 Å². The molecule has 10 aromatic rings. The molecular formula is C49H35N7. The van der Waals surface area contributed by atoms with E-state index >= 15 is 0 Å². The third kappa shape index (κ3) is 5.79. The van der Waals surface area contributed by atoms with E-state index < -0.39 is 0 Å². The number of nitrogens with one attached hydrogen (secondary N) is 2. The average molecular weight is 722 g/mol. The number of rotatable bonds is 6. The summed E-state index contributed by atoms with van der Waals surface area (Å²) in [4.78, 5) is 14.9. The smallest absolute Gasteiger partial charge is 0.154 e. The molecule has 0 radical (unpaired) electrons. The Morgan fingerprint density at radius 1 is 0.482 bits per heavy atom. The van der Waals surface area contributed by atoms with Gasteiger partial charge < -0.3 is 5.32 Å². The van der Waals surface area contributed by atoms with Gasteiger partial charge in [-0.25, -0.2) is 15.0 Å². The van der Waals surface area contributed by atoms with Gasteiger partial charge in [0.15, 0.2) is 5.84 Å². The monoisotopic (exact) mass is 721 g/mol. The van der Waals surface area contributed by atoms with E-state index in [-0.39, 0.29) is 5.84 Å². The van der Waals surface area contributed by atoms with Crippen molar-refractivity contribution in [3.8, 4) is 45.0 Å². The Labute approximate surface area is 323 Å². The van der Waals surface area contributed by atoms with Crippen LogP contribution in [0.2, 0.25) is 0 Å². The van der Waals surface area contributed by atoms with E-state index in [0.717, 1.165) is 61.9 Å². The third-order valence-corrected chi connectivity index (χ3v) is 10.4. The molecule has 10 rings (SSSR count). The molecule has 0 fully saturated rings. The first-order valence-corrected chi connectivity index (χ1v) is 18.6. The molecule has 0 atom stereocenters. The SMILES string of the molecule is CN/C(=N\C(=N)c1ccc(-c2nc3ccccn3c2-c2ccc3ccccc3c2)cc1)c1ccc(-c2nc3ccccn3c2-c2ccc3ccccc3c2)cc1. The lowest BCUT2D eigenvalue weighted by Crippen LogP contribution is -2.21. The molecule has 56 heavy (non-hydrogen) atoms. The van der Waals surface area contributed by atoms with Crippen LogP contribution < -0.4 is 5.32 Å². The molecule has 0 amide bonds. The van der Waals surface area contributed by atoms with Crippen LogP contribution in [-0.2, 0) is 0 Å². The minimum atomic E-state index is 0.161. The van der Waals surface area contributed by atoms with Crippen LogP contribution in [0.5, 0.6) is 0 Å². The van der Waals surface area contributed by atoms with Crippen molar-refractivity contribution < 1.29 is 0 Å². The van der Waals surface area contributed by atoms with E-state index in [2.05, 4.69) is 124 Å². The van der Waals surface area contributed by atoms with Crippen molar-refractivity contribution in [3.05, 3.63) is 193 Å². The minimum absolute atomic E-state index is 0.161. The molecule has 6 aromatic carbocycles. The lowest BCUT2D eigenvalue weighted by atomic mass is 10.0. The van der Waals surface area contributed by atoms with Crippen LogP contribution in [-0.4, -0.2) is 37.5 Å². The van der Waals surface area contributed by atoms with Crippen LogP contribution in [0.1, 0.15) is 11.1 Å². The van der Waals surface area contributed by atoms with Crippen molar-refractivity contribution in [3.63, 3.8) is 0 Å². The van der Waals surface area contributed by atoms with Crippen LogP contribution >= 0.6 is 0 Å². The summed E-state index contributed by atoms with van der Waals surface area (Å²) in [5.41, 5.74) is 11.4. The van der Waals surface area contributed by atoms with Gasteiger partial charge in [-0.1, -0.05) is 133 Å². The van der Waals surface area contributed by atoms with Gasteiger partial charge >= 0.3 is 0 Å². The van der Waals surface area contributed by atoms with Gasteiger partial charge in [-0.15, -0.1) is 0 Å². The molecule has 4 aromatic heterocycles. The highest BCUT2D eigenvalue weighted by molar-refractivity contribution is 6.10. The number of nitrogens with zero attached hydrogens (tertiary/aromatic N) is 5. The molecule has 4 heterocycles. The summed E-state index contributed by atoms with van der Waals surface area (Å²) in [6, 6.07) is 58.3. The second kappa shape index (κ2) is 13.6. The normalized spacial score (nSPS) is 11.8. The fraction of sp³-hybridized carbons (Fsp3) is 0.0204. The van der Waals surface area contributed by atoms with Gasteiger partial charge in [0.25, 0.3) is 0 Å². The Kier molecular flexibility index (Phi) is 8.03. The summed E-state index contributed by atoms with van der Waals surface area (Å²) in [5.74, 6) is 0.767. The molecule has 7 nitrogen and oxygen atoms in total. The number of hydrogen-bond donors (Lipinski definition) is 2. The zero-order valence-corrected chi connectivity index (χ0v) is 30.6. The summed E-state index contributed by atoms with van der Waals surface area (Å²) in [5, 5.41) is 17.0. The summed E-state index contributed by atoms with van der Waals surface area (Å²) >= 11 is 0. The van der Waals surface area contributed by atoms with Gasteiger partial charge in [0.05, 0.1) is 22.8 Å². The lowest BCUT2D eigenvalue weighted by Gasteiger charge is -2.10. The van der Waals surface area contributed by atoms with Gasteiger partial charge in [0.2, 0.25) is 0 Å². The maximum absolute atomic E-state index is 8.99. The van der Waals surface area contributed by atoms with Crippen molar-refractivity contribution >= 4 is 44.5 Å². The Bertz CT molecular complexity index is 3130. The van der Waals surface area contributed by atoms with Gasteiger partial charge in [-0.2, -0.15) is 0 Å². The predicted molar refractivity (Wildman–Crippen MR) is 230 cm³/mol. The number of fused-ring (bicyclic) bond motifs is 4. The van der Waals surface area contributed by atoms with E-state index in [1.54, 1.807) is 0 Å². The highest BCUT2D eigenvalue weighted by Gasteiger charge is 2.19. The summed E-state index contributed by atoms with van der Waals surface area (Å²) < 4.78 is 4.29. The molecule has 7 heteroatoms. The molecule has 0 aliphatic heterocycles. The summed E-state index contributed by atoms with van der Waals surface area (Å²) in [6.45, 7) is 0. The van der Waals surface area contributed by atoms with Crippen LogP contribution in [0.15, 0.2) is 187 Å². The number of pyridine rings is 2. The second-order valence-electron chi connectivity index (χ2n) is 13.8. The number of hydrogen-bond acceptors (Lipinski definition) is 3. The standard InChI is InChI=1S/C49H35N7/c1-51-49(37-24-20-35(21-25-37)45-47(56-29-9-7-15-43(56)53-45)41-27-17-33-11-3-5-13-39(33)31-41)54-48(50)36-22-18-34(19-23-36)44-46(55-28-8-6-14-42(55)52-44)40-26-16-32-10-2-4-12-38(32)30-40/h2-31H,1H3,(H2,50,51,54). The largest absolute Gasteiger partial charge is 0.373 e. The van der Waals surface area contributed by atoms with E-state index in [9.17, 15) is 0 Å². The second-order valence-corrected chi connectivity index (χ2v) is 13.8. The molecule has 0 aliphatic rings. The van der Waals surface area contributed by atoms with Crippen molar-refractivity contribution in [2.45, 2.75) is 0 Å². The third-order valence-electron chi connectivity index (χ3n) is 10.4. The number of benzene rings is 6. The molecule has 266 valence electrons. The van der Waals surface area contributed by atoms with E-state index in [4.69, 9.17) is 20.4 Å². The highest BCUT2D eigenvalue weighted by atomic mass is 15.0. The molecule has 0 unspecified atom stereocenters. The van der Waals surface area contributed by atoms with Gasteiger partial charge in [-0.3, -0.25) is 14.2 Å². The molecule has 2 N–H and O–H groups in total. The number of imidazole rings is 2. The first-order chi connectivity index (χ1) is 27.6. The van der Waals surface area contributed by atoms with E-state index in [1.165, 1.54) is 21.5 Å². The topological polar surface area (TPSA) is 82.8 Å². The van der Waals surface area contributed by atoms with Gasteiger partial charge in [-0.05, 0) is 57.9 Å². The Hall–Kier alpha value is -7.64. The number of aromatic nitrogens is 4. The first kappa shape index (κ1) is 33.0.